The van der Waals surface area contributed by atoms with Crippen molar-refractivity contribution in [1.29, 1.82) is 0 Å². The lowest BCUT2D eigenvalue weighted by Gasteiger charge is -2.03. The van der Waals surface area contributed by atoms with E-state index >= 15 is 0 Å². The van der Waals surface area contributed by atoms with Gasteiger partial charge in [-0.3, -0.25) is 0 Å². The normalized spacial score (nSPS) is 11.7. The van der Waals surface area contributed by atoms with E-state index in [0.29, 0.717) is 19.8 Å². The molecule has 0 aromatic carbocycles. The van der Waals surface area contributed by atoms with Crippen LogP contribution in [0.4, 0.5) is 0 Å². The third-order valence-electron chi connectivity index (χ3n) is 13.0. The molecule has 0 unspecified atom stereocenters. The van der Waals surface area contributed by atoms with Crippen molar-refractivity contribution in [2.45, 2.75) is 335 Å². The molecule has 0 spiro atoms. The average Bonchev–Trinajstić information content (AvgIpc) is 3.33. The summed E-state index contributed by atoms with van der Waals surface area (Å²) in [5.41, 5.74) is 0. The van der Waals surface area contributed by atoms with Gasteiger partial charge in [0.05, 0.1) is 0 Å². The lowest BCUT2D eigenvalue weighted by molar-refractivity contribution is 0.282. The zero-order chi connectivity index (χ0) is 48.4. The minimum atomic E-state index is 0.313. The first-order valence-corrected chi connectivity index (χ1v) is 30.2. The second-order valence-electron chi connectivity index (χ2n) is 19.8. The van der Waals surface area contributed by atoms with Crippen LogP contribution in [-0.2, 0) is 0 Å². The van der Waals surface area contributed by atoms with E-state index in [4.69, 9.17) is 15.3 Å². The lowest BCUT2D eigenvalue weighted by atomic mass is 10.0. The van der Waals surface area contributed by atoms with E-state index in [1.807, 2.05) is 0 Å². The Balaban J connectivity index is -0.000000903. The van der Waals surface area contributed by atoms with E-state index in [-0.39, 0.29) is 0 Å². The number of rotatable bonds is 53. The summed E-state index contributed by atoms with van der Waals surface area (Å²) in [6.07, 6.45) is 84.1. The molecule has 3 N–H and O–H groups in total. The SMILES string of the molecule is CCCCCC=CCC=CCC=CCC=CCCCCO.CCCCCCCCCCCCCCCCCCCCCCO.CCCCCCCCCCCCCCCCCCCCCO. The Bertz CT molecular complexity index is 820. The third-order valence-corrected chi connectivity index (χ3v) is 13.0. The maximum absolute atomic E-state index is 8.71. The van der Waals surface area contributed by atoms with Crippen molar-refractivity contribution in [3.8, 4) is 0 Å². The third kappa shape index (κ3) is 77.1. The van der Waals surface area contributed by atoms with Gasteiger partial charge in [-0.25, -0.2) is 0 Å². The zero-order valence-electron chi connectivity index (χ0n) is 45.7. The monoisotopic (exact) mass is 929 g/mol. The van der Waals surface area contributed by atoms with Crippen LogP contribution in [0.2, 0.25) is 0 Å². The first-order valence-electron chi connectivity index (χ1n) is 30.2. The Morgan fingerprint density at radius 3 is 0.545 bits per heavy atom. The summed E-state index contributed by atoms with van der Waals surface area (Å²) in [6, 6.07) is 0. The number of hydrogen-bond donors (Lipinski definition) is 3. The topological polar surface area (TPSA) is 60.7 Å². The highest BCUT2D eigenvalue weighted by molar-refractivity contribution is 4.99. The summed E-state index contributed by atoms with van der Waals surface area (Å²) in [4.78, 5) is 0. The predicted octanol–water partition coefficient (Wildman–Crippen LogP) is 21.3. The molecule has 0 aliphatic rings. The predicted molar refractivity (Wildman–Crippen MR) is 301 cm³/mol. The number of hydrogen-bond acceptors (Lipinski definition) is 3. The maximum Gasteiger partial charge on any atom is 0.0431 e. The van der Waals surface area contributed by atoms with Gasteiger partial charge < -0.3 is 15.3 Å². The van der Waals surface area contributed by atoms with Crippen LogP contribution in [0.3, 0.4) is 0 Å². The van der Waals surface area contributed by atoms with Gasteiger partial charge in [0, 0.05) is 19.8 Å². The molecule has 394 valence electrons. The van der Waals surface area contributed by atoms with Crippen LogP contribution in [0.1, 0.15) is 335 Å². The van der Waals surface area contributed by atoms with Gasteiger partial charge in [0.1, 0.15) is 0 Å². The Labute approximate surface area is 417 Å². The van der Waals surface area contributed by atoms with Crippen LogP contribution in [-0.4, -0.2) is 35.1 Å². The van der Waals surface area contributed by atoms with Crippen LogP contribution < -0.4 is 0 Å². The molecule has 0 aliphatic heterocycles. The molecule has 0 aliphatic carbocycles. The second-order valence-corrected chi connectivity index (χ2v) is 19.8. The first kappa shape index (κ1) is 69.1. The molecule has 0 radical (unpaired) electrons. The molecule has 0 atom stereocenters. The molecule has 0 bridgehead atoms. The quantitative estimate of drug-likeness (QED) is 0.0421. The van der Waals surface area contributed by atoms with E-state index in [1.54, 1.807) is 0 Å². The highest BCUT2D eigenvalue weighted by Crippen LogP contribution is 2.16. The Hall–Kier alpha value is -1.16. The van der Waals surface area contributed by atoms with Crippen molar-refractivity contribution in [2.24, 2.45) is 0 Å². The molecule has 3 nitrogen and oxygen atoms in total. The highest BCUT2D eigenvalue weighted by Gasteiger charge is 1.97. The molecule has 0 saturated carbocycles. The van der Waals surface area contributed by atoms with Crippen molar-refractivity contribution in [1.82, 2.24) is 0 Å². The Morgan fingerprint density at radius 1 is 0.182 bits per heavy atom. The summed E-state index contributed by atoms with van der Waals surface area (Å²) < 4.78 is 0. The summed E-state index contributed by atoms with van der Waals surface area (Å²) in [5.74, 6) is 0. The molecule has 0 heterocycles. The summed E-state index contributed by atoms with van der Waals surface area (Å²) in [7, 11) is 0. The van der Waals surface area contributed by atoms with E-state index in [9.17, 15) is 0 Å². The minimum Gasteiger partial charge on any atom is -0.396 e. The summed E-state index contributed by atoms with van der Waals surface area (Å²) in [6.45, 7) is 7.89. The van der Waals surface area contributed by atoms with Crippen LogP contribution >= 0.6 is 0 Å². The Kier molecular flexibility index (Phi) is 76.2. The van der Waals surface area contributed by atoms with Gasteiger partial charge >= 0.3 is 0 Å². The molecule has 0 saturated heterocycles. The van der Waals surface area contributed by atoms with Gasteiger partial charge in [0.2, 0.25) is 0 Å². The van der Waals surface area contributed by atoms with Gasteiger partial charge in [-0.1, -0.05) is 320 Å². The van der Waals surface area contributed by atoms with Gasteiger partial charge in [-0.05, 0) is 64.2 Å². The molecule has 66 heavy (non-hydrogen) atoms. The van der Waals surface area contributed by atoms with Gasteiger partial charge in [-0.15, -0.1) is 0 Å². The Morgan fingerprint density at radius 2 is 0.333 bits per heavy atom. The van der Waals surface area contributed by atoms with E-state index < -0.39 is 0 Å². The lowest BCUT2D eigenvalue weighted by Crippen LogP contribution is -1.85. The molecule has 0 aromatic heterocycles. The summed E-state index contributed by atoms with van der Waals surface area (Å²) in [5, 5.41) is 26.1. The number of allylic oxidation sites excluding steroid dienone is 8. The largest absolute Gasteiger partial charge is 0.396 e. The molecule has 0 amide bonds. The van der Waals surface area contributed by atoms with Gasteiger partial charge in [-0.2, -0.15) is 0 Å². The second kappa shape index (κ2) is 72.8. The number of aliphatic hydroxyl groups is 3. The van der Waals surface area contributed by atoms with Crippen LogP contribution in [0.15, 0.2) is 48.6 Å². The fraction of sp³-hybridized carbons (Fsp3) is 0.873. The van der Waals surface area contributed by atoms with Crippen LogP contribution in [0.5, 0.6) is 0 Å². The first-order chi connectivity index (χ1) is 32.7. The van der Waals surface area contributed by atoms with Crippen molar-refractivity contribution in [3.05, 3.63) is 48.6 Å². The standard InChI is InChI=1S/C22H46O.C21H44O.C20H34O/c1-2-3-4-5-6-7-8-9-10-11-12-13-14-15-16-17-18-19-20-21-22-23;1-2-3-4-5-6-7-8-9-10-11-12-13-14-15-16-17-18-19-20-21-22;1-2-3-4-5-6-7-8-9-10-11-12-13-14-15-16-17-18-19-20-21/h23H,2-22H2,1H3;22H,2-21H2,1H3;6-7,9-10,12-13,15-16,21H,2-5,8,11,14,17-20H2,1H3. The smallest absolute Gasteiger partial charge is 0.0431 e. The molecular weight excluding hydrogens is 805 g/mol. The van der Waals surface area contributed by atoms with Gasteiger partial charge in [0.15, 0.2) is 0 Å². The fourth-order valence-electron chi connectivity index (χ4n) is 8.49. The zero-order valence-corrected chi connectivity index (χ0v) is 45.7. The average molecular weight is 930 g/mol. The maximum atomic E-state index is 8.71. The van der Waals surface area contributed by atoms with Crippen LogP contribution in [0, 0.1) is 0 Å². The molecule has 0 fully saturated rings. The minimum absolute atomic E-state index is 0.313. The van der Waals surface area contributed by atoms with Crippen molar-refractivity contribution >= 4 is 0 Å². The number of aliphatic hydroxyl groups excluding tert-OH is 3. The van der Waals surface area contributed by atoms with E-state index in [1.165, 1.54) is 263 Å². The van der Waals surface area contributed by atoms with E-state index in [0.717, 1.165) is 51.4 Å². The van der Waals surface area contributed by atoms with Crippen molar-refractivity contribution < 1.29 is 15.3 Å². The molecule has 0 aromatic rings. The number of unbranched alkanes of at least 4 members (excludes halogenated alkanes) is 42. The van der Waals surface area contributed by atoms with Crippen molar-refractivity contribution in [2.75, 3.05) is 19.8 Å². The molecule has 0 rings (SSSR count). The fourth-order valence-corrected chi connectivity index (χ4v) is 8.49. The highest BCUT2D eigenvalue weighted by atomic mass is 16.3. The molecular formula is C63H124O3. The molecule has 3 heteroatoms. The van der Waals surface area contributed by atoms with Gasteiger partial charge in [0.25, 0.3) is 0 Å². The van der Waals surface area contributed by atoms with Crippen LogP contribution in [0.25, 0.3) is 0 Å². The van der Waals surface area contributed by atoms with E-state index in [2.05, 4.69) is 69.4 Å². The van der Waals surface area contributed by atoms with Crippen molar-refractivity contribution in [3.63, 3.8) is 0 Å². The summed E-state index contributed by atoms with van der Waals surface area (Å²) >= 11 is 0.